The number of carboxylic acid groups (broad SMARTS) is 1. The SMILES string of the molecule is COc1ccc(C(C)(C)C(=O)N[C@@H](C)C(=O)O)cc1. The van der Waals surface area contributed by atoms with Gasteiger partial charge >= 0.3 is 5.97 Å². The van der Waals surface area contributed by atoms with Crippen molar-refractivity contribution < 1.29 is 19.4 Å². The van der Waals surface area contributed by atoms with Crippen LogP contribution in [0.2, 0.25) is 0 Å². The minimum absolute atomic E-state index is 0.326. The molecule has 2 N–H and O–H groups in total. The molecule has 104 valence electrons. The van der Waals surface area contributed by atoms with Crippen molar-refractivity contribution in [2.45, 2.75) is 32.2 Å². The van der Waals surface area contributed by atoms with Crippen LogP contribution in [0.15, 0.2) is 24.3 Å². The smallest absolute Gasteiger partial charge is 0.325 e. The number of carbonyl (C=O) groups is 2. The molecule has 0 radical (unpaired) electrons. The number of carbonyl (C=O) groups excluding carboxylic acids is 1. The van der Waals surface area contributed by atoms with E-state index in [1.165, 1.54) is 6.92 Å². The summed E-state index contributed by atoms with van der Waals surface area (Å²) in [4.78, 5) is 22.9. The molecule has 1 amide bonds. The number of rotatable bonds is 5. The number of amides is 1. The highest BCUT2D eigenvalue weighted by molar-refractivity contribution is 5.90. The van der Waals surface area contributed by atoms with E-state index in [2.05, 4.69) is 5.32 Å². The Balaban J connectivity index is 2.89. The number of nitrogens with one attached hydrogen (secondary N) is 1. The van der Waals surface area contributed by atoms with E-state index in [0.717, 1.165) is 5.56 Å². The minimum Gasteiger partial charge on any atom is -0.497 e. The molecule has 0 unspecified atom stereocenters. The van der Waals surface area contributed by atoms with Gasteiger partial charge in [0.25, 0.3) is 0 Å². The Labute approximate surface area is 112 Å². The lowest BCUT2D eigenvalue weighted by Gasteiger charge is -2.25. The summed E-state index contributed by atoms with van der Waals surface area (Å²) >= 11 is 0. The third-order valence-electron chi connectivity index (χ3n) is 3.10. The molecule has 0 aliphatic carbocycles. The first-order valence-corrected chi connectivity index (χ1v) is 5.97. The van der Waals surface area contributed by atoms with Crippen LogP contribution in [0.5, 0.6) is 5.75 Å². The molecule has 0 bridgehead atoms. The van der Waals surface area contributed by atoms with Crippen LogP contribution < -0.4 is 10.1 Å². The fourth-order valence-corrected chi connectivity index (χ4v) is 1.58. The second-order valence-electron chi connectivity index (χ2n) is 4.89. The van der Waals surface area contributed by atoms with Gasteiger partial charge in [-0.3, -0.25) is 9.59 Å². The van der Waals surface area contributed by atoms with E-state index in [4.69, 9.17) is 9.84 Å². The summed E-state index contributed by atoms with van der Waals surface area (Å²) in [5.41, 5.74) is -0.0147. The van der Waals surface area contributed by atoms with Gasteiger partial charge in [0.15, 0.2) is 0 Å². The van der Waals surface area contributed by atoms with E-state index in [-0.39, 0.29) is 5.91 Å². The van der Waals surface area contributed by atoms with Crippen LogP contribution in [0.1, 0.15) is 26.3 Å². The van der Waals surface area contributed by atoms with Crippen molar-refractivity contribution in [3.05, 3.63) is 29.8 Å². The predicted octanol–water partition coefficient (Wildman–Crippen LogP) is 1.56. The molecular weight excluding hydrogens is 246 g/mol. The third kappa shape index (κ3) is 3.47. The van der Waals surface area contributed by atoms with Crippen LogP contribution in [0.3, 0.4) is 0 Å². The van der Waals surface area contributed by atoms with E-state index in [1.54, 1.807) is 45.2 Å². The zero-order chi connectivity index (χ0) is 14.6. The number of carboxylic acids is 1. The Morgan fingerprint density at radius 1 is 1.26 bits per heavy atom. The first kappa shape index (κ1) is 15.0. The van der Waals surface area contributed by atoms with Gasteiger partial charge in [-0.05, 0) is 38.5 Å². The molecule has 1 atom stereocenters. The second kappa shape index (κ2) is 5.73. The zero-order valence-electron chi connectivity index (χ0n) is 11.6. The van der Waals surface area contributed by atoms with Crippen molar-refractivity contribution in [1.82, 2.24) is 5.32 Å². The van der Waals surface area contributed by atoms with Crippen LogP contribution in [-0.2, 0) is 15.0 Å². The molecule has 0 heterocycles. The maximum atomic E-state index is 12.1. The van der Waals surface area contributed by atoms with Gasteiger partial charge in [0, 0.05) is 0 Å². The Morgan fingerprint density at radius 2 is 1.79 bits per heavy atom. The van der Waals surface area contributed by atoms with Gasteiger partial charge in [0.1, 0.15) is 11.8 Å². The number of hydrogen-bond donors (Lipinski definition) is 2. The monoisotopic (exact) mass is 265 g/mol. The quantitative estimate of drug-likeness (QED) is 0.847. The first-order chi connectivity index (χ1) is 8.78. The van der Waals surface area contributed by atoms with Crippen LogP contribution in [0.4, 0.5) is 0 Å². The molecule has 1 rings (SSSR count). The Morgan fingerprint density at radius 3 is 2.21 bits per heavy atom. The van der Waals surface area contributed by atoms with E-state index in [0.29, 0.717) is 5.75 Å². The summed E-state index contributed by atoms with van der Waals surface area (Å²) in [6, 6.07) is 6.22. The zero-order valence-corrected chi connectivity index (χ0v) is 11.6. The third-order valence-corrected chi connectivity index (χ3v) is 3.10. The molecule has 5 nitrogen and oxygen atoms in total. The van der Waals surface area contributed by atoms with E-state index in [9.17, 15) is 9.59 Å². The first-order valence-electron chi connectivity index (χ1n) is 5.97. The van der Waals surface area contributed by atoms with Gasteiger partial charge < -0.3 is 15.2 Å². The molecular formula is C14H19NO4. The summed E-state index contributed by atoms with van der Waals surface area (Å²) < 4.78 is 5.06. The van der Waals surface area contributed by atoms with Crippen molar-refractivity contribution in [1.29, 1.82) is 0 Å². The standard InChI is InChI=1S/C14H19NO4/c1-9(12(16)17)15-13(18)14(2,3)10-5-7-11(19-4)8-6-10/h5-9H,1-4H3,(H,15,18)(H,16,17)/t9-/m0/s1. The fourth-order valence-electron chi connectivity index (χ4n) is 1.58. The number of methoxy groups -OCH3 is 1. The molecule has 0 spiro atoms. The number of ether oxygens (including phenoxy) is 1. The van der Waals surface area contributed by atoms with E-state index < -0.39 is 17.4 Å². The molecule has 0 aliphatic heterocycles. The van der Waals surface area contributed by atoms with Gasteiger partial charge in [-0.15, -0.1) is 0 Å². The molecule has 0 saturated heterocycles. The molecule has 0 saturated carbocycles. The molecule has 0 aliphatic rings. The molecule has 1 aromatic rings. The number of aliphatic carboxylic acids is 1. The molecule has 0 aromatic heterocycles. The van der Waals surface area contributed by atoms with Crippen molar-refractivity contribution in [3.63, 3.8) is 0 Å². The molecule has 1 aromatic carbocycles. The number of hydrogen-bond acceptors (Lipinski definition) is 3. The van der Waals surface area contributed by atoms with Gasteiger partial charge in [-0.25, -0.2) is 0 Å². The Kier molecular flexibility index (Phi) is 4.53. The summed E-state index contributed by atoms with van der Waals surface area (Å²) in [5.74, 6) is -0.676. The van der Waals surface area contributed by atoms with E-state index >= 15 is 0 Å². The fraction of sp³-hybridized carbons (Fsp3) is 0.429. The summed E-state index contributed by atoms with van der Waals surface area (Å²) in [6.07, 6.45) is 0. The lowest BCUT2D eigenvalue weighted by atomic mass is 9.83. The van der Waals surface area contributed by atoms with E-state index in [1.807, 2.05) is 0 Å². The van der Waals surface area contributed by atoms with Crippen LogP contribution in [-0.4, -0.2) is 30.1 Å². The van der Waals surface area contributed by atoms with Crippen molar-refractivity contribution in [2.75, 3.05) is 7.11 Å². The van der Waals surface area contributed by atoms with Crippen molar-refractivity contribution >= 4 is 11.9 Å². The normalized spacial score (nSPS) is 12.6. The maximum Gasteiger partial charge on any atom is 0.325 e. The average Bonchev–Trinajstić information content (AvgIpc) is 2.38. The molecule has 19 heavy (non-hydrogen) atoms. The summed E-state index contributed by atoms with van der Waals surface area (Å²) in [7, 11) is 1.57. The highest BCUT2D eigenvalue weighted by Crippen LogP contribution is 2.25. The minimum atomic E-state index is -1.06. The highest BCUT2D eigenvalue weighted by Gasteiger charge is 2.31. The molecule has 0 fully saturated rings. The van der Waals surface area contributed by atoms with Crippen LogP contribution in [0, 0.1) is 0 Å². The maximum absolute atomic E-state index is 12.1. The predicted molar refractivity (Wildman–Crippen MR) is 71.3 cm³/mol. The molecule has 5 heteroatoms. The van der Waals surface area contributed by atoms with Crippen molar-refractivity contribution in [2.24, 2.45) is 0 Å². The highest BCUT2D eigenvalue weighted by atomic mass is 16.5. The second-order valence-corrected chi connectivity index (χ2v) is 4.89. The summed E-state index contributed by atoms with van der Waals surface area (Å²) in [6.45, 7) is 4.93. The van der Waals surface area contributed by atoms with Crippen molar-refractivity contribution in [3.8, 4) is 5.75 Å². The van der Waals surface area contributed by atoms with Gasteiger partial charge in [0.05, 0.1) is 12.5 Å². The summed E-state index contributed by atoms with van der Waals surface area (Å²) in [5, 5.41) is 11.3. The van der Waals surface area contributed by atoms with Gasteiger partial charge in [-0.1, -0.05) is 12.1 Å². The Hall–Kier alpha value is -2.04. The largest absolute Gasteiger partial charge is 0.497 e. The number of benzene rings is 1. The average molecular weight is 265 g/mol. The topological polar surface area (TPSA) is 75.6 Å². The Bertz CT molecular complexity index is 465. The lowest BCUT2D eigenvalue weighted by molar-refractivity contribution is -0.142. The van der Waals surface area contributed by atoms with Crippen LogP contribution in [0.25, 0.3) is 0 Å². The van der Waals surface area contributed by atoms with Gasteiger partial charge in [-0.2, -0.15) is 0 Å². The van der Waals surface area contributed by atoms with Gasteiger partial charge in [0.2, 0.25) is 5.91 Å². The van der Waals surface area contributed by atoms with Crippen LogP contribution >= 0.6 is 0 Å². The lowest BCUT2D eigenvalue weighted by Crippen LogP contribution is -2.46.